The van der Waals surface area contributed by atoms with E-state index in [1.54, 1.807) is 12.2 Å². The maximum atomic E-state index is 11.7. The van der Waals surface area contributed by atoms with Crippen LogP contribution in [0.2, 0.25) is 0 Å². The van der Waals surface area contributed by atoms with Crippen LogP contribution in [0.3, 0.4) is 0 Å². The van der Waals surface area contributed by atoms with Crippen molar-refractivity contribution in [3.63, 3.8) is 0 Å². The summed E-state index contributed by atoms with van der Waals surface area (Å²) in [6.45, 7) is 8.70. The van der Waals surface area contributed by atoms with Gasteiger partial charge in [-0.3, -0.25) is 4.79 Å². The molecular formula is C13H16BrNO. The third kappa shape index (κ3) is 3.81. The van der Waals surface area contributed by atoms with Gasteiger partial charge in [-0.25, -0.2) is 0 Å². The van der Waals surface area contributed by atoms with Gasteiger partial charge in [0.2, 0.25) is 5.91 Å². The van der Waals surface area contributed by atoms with E-state index in [2.05, 4.69) is 29.1 Å². The van der Waals surface area contributed by atoms with E-state index >= 15 is 0 Å². The molecular weight excluding hydrogens is 266 g/mol. The number of hydrogen-bond acceptors (Lipinski definition) is 1. The van der Waals surface area contributed by atoms with Crippen LogP contribution in [0.15, 0.2) is 47.5 Å². The van der Waals surface area contributed by atoms with Crippen LogP contribution >= 0.6 is 15.9 Å². The summed E-state index contributed by atoms with van der Waals surface area (Å²) >= 11 is 3.41. The minimum Gasteiger partial charge on any atom is -0.338 e. The lowest BCUT2D eigenvalue weighted by Gasteiger charge is -2.27. The average molecular weight is 282 g/mol. The standard InChI is InChI=1S/C13H16BrNO/c1-3-5-12(14)9-11-6-8-15(7-4-2)13(16)10-11/h3-5,9H,1-2,6-8,10H2/b11-9-,12-5+. The van der Waals surface area contributed by atoms with Gasteiger partial charge in [0.25, 0.3) is 0 Å². The van der Waals surface area contributed by atoms with Gasteiger partial charge in [-0.2, -0.15) is 0 Å². The van der Waals surface area contributed by atoms with Crippen molar-refractivity contribution in [1.82, 2.24) is 4.90 Å². The summed E-state index contributed by atoms with van der Waals surface area (Å²) < 4.78 is 0.961. The van der Waals surface area contributed by atoms with E-state index in [1.165, 1.54) is 0 Å². The second-order valence-corrected chi connectivity index (χ2v) is 4.56. The van der Waals surface area contributed by atoms with Gasteiger partial charge in [-0.05, 0) is 18.6 Å². The highest BCUT2D eigenvalue weighted by atomic mass is 79.9. The van der Waals surface area contributed by atoms with Gasteiger partial charge < -0.3 is 4.90 Å². The normalized spacial score (nSPS) is 20.1. The summed E-state index contributed by atoms with van der Waals surface area (Å²) in [5.74, 6) is 0.177. The minimum absolute atomic E-state index is 0.177. The van der Waals surface area contributed by atoms with Crippen LogP contribution in [-0.4, -0.2) is 23.9 Å². The molecule has 1 heterocycles. The molecule has 0 aliphatic carbocycles. The largest absolute Gasteiger partial charge is 0.338 e. The lowest BCUT2D eigenvalue weighted by atomic mass is 10.0. The van der Waals surface area contributed by atoms with E-state index in [0.29, 0.717) is 13.0 Å². The number of carbonyl (C=O) groups excluding carboxylic acids is 1. The Balaban J connectivity index is 2.64. The van der Waals surface area contributed by atoms with Gasteiger partial charge in [-0.15, -0.1) is 6.58 Å². The predicted octanol–water partition coefficient (Wildman–Crippen LogP) is 3.19. The van der Waals surface area contributed by atoms with Gasteiger partial charge in [0, 0.05) is 24.0 Å². The SMILES string of the molecule is C=C/C=C(Br)\C=C1\CCN(CC=C)C(=O)C1. The van der Waals surface area contributed by atoms with Crippen molar-refractivity contribution in [2.45, 2.75) is 12.8 Å². The van der Waals surface area contributed by atoms with Crippen LogP contribution < -0.4 is 0 Å². The molecule has 0 aromatic carbocycles. The lowest BCUT2D eigenvalue weighted by Crippen LogP contribution is -2.36. The Hall–Kier alpha value is -1.09. The van der Waals surface area contributed by atoms with E-state index in [0.717, 1.165) is 23.0 Å². The smallest absolute Gasteiger partial charge is 0.226 e. The summed E-state index contributed by atoms with van der Waals surface area (Å²) in [4.78, 5) is 13.5. The molecule has 0 spiro atoms. The fourth-order valence-corrected chi connectivity index (χ4v) is 2.14. The van der Waals surface area contributed by atoms with E-state index in [-0.39, 0.29) is 5.91 Å². The number of carbonyl (C=O) groups is 1. The van der Waals surface area contributed by atoms with Crippen molar-refractivity contribution >= 4 is 21.8 Å². The number of halogens is 1. The molecule has 1 rings (SSSR count). The Morgan fingerprint density at radius 3 is 2.81 bits per heavy atom. The molecule has 0 atom stereocenters. The van der Waals surface area contributed by atoms with Crippen molar-refractivity contribution in [3.8, 4) is 0 Å². The molecule has 1 fully saturated rings. The molecule has 86 valence electrons. The summed E-state index contributed by atoms with van der Waals surface area (Å²) in [6, 6.07) is 0. The number of likely N-dealkylation sites (tertiary alicyclic amines) is 1. The molecule has 1 aliphatic heterocycles. The van der Waals surface area contributed by atoms with E-state index in [9.17, 15) is 4.79 Å². The van der Waals surface area contributed by atoms with Crippen LogP contribution in [0.4, 0.5) is 0 Å². The first-order chi connectivity index (χ1) is 7.67. The van der Waals surface area contributed by atoms with Gasteiger partial charge in [0.15, 0.2) is 0 Å². The quantitative estimate of drug-likeness (QED) is 0.573. The maximum Gasteiger partial charge on any atom is 0.226 e. The Morgan fingerprint density at radius 1 is 1.50 bits per heavy atom. The van der Waals surface area contributed by atoms with Gasteiger partial charge in [0.05, 0.1) is 0 Å². The molecule has 1 saturated heterocycles. The fourth-order valence-electron chi connectivity index (χ4n) is 1.63. The maximum absolute atomic E-state index is 11.7. The van der Waals surface area contributed by atoms with Crippen molar-refractivity contribution < 1.29 is 4.79 Å². The third-order valence-electron chi connectivity index (χ3n) is 2.40. The molecule has 0 saturated carbocycles. The zero-order valence-corrected chi connectivity index (χ0v) is 10.9. The van der Waals surface area contributed by atoms with Crippen LogP contribution in [-0.2, 0) is 4.79 Å². The summed E-state index contributed by atoms with van der Waals surface area (Å²) in [7, 11) is 0. The zero-order valence-electron chi connectivity index (χ0n) is 9.29. The number of hydrogen-bond donors (Lipinski definition) is 0. The molecule has 0 N–H and O–H groups in total. The van der Waals surface area contributed by atoms with Gasteiger partial charge in [0.1, 0.15) is 0 Å². The monoisotopic (exact) mass is 281 g/mol. The van der Waals surface area contributed by atoms with Gasteiger partial charge in [-0.1, -0.05) is 40.2 Å². The number of amides is 1. The van der Waals surface area contributed by atoms with Crippen molar-refractivity contribution in [2.75, 3.05) is 13.1 Å². The van der Waals surface area contributed by atoms with E-state index in [4.69, 9.17) is 0 Å². The first kappa shape index (κ1) is 13.0. The number of nitrogens with zero attached hydrogens (tertiary/aromatic N) is 1. The average Bonchev–Trinajstić information content (AvgIpc) is 2.22. The lowest BCUT2D eigenvalue weighted by molar-refractivity contribution is -0.131. The second kappa shape index (κ2) is 6.48. The van der Waals surface area contributed by atoms with Crippen LogP contribution in [0.25, 0.3) is 0 Å². The molecule has 0 aromatic heterocycles. The highest BCUT2D eigenvalue weighted by Gasteiger charge is 2.19. The summed E-state index contributed by atoms with van der Waals surface area (Å²) in [5.41, 5.74) is 1.16. The van der Waals surface area contributed by atoms with Crippen LogP contribution in [0.5, 0.6) is 0 Å². The molecule has 3 heteroatoms. The Bertz CT molecular complexity index is 355. The molecule has 0 aromatic rings. The van der Waals surface area contributed by atoms with Crippen LogP contribution in [0.1, 0.15) is 12.8 Å². The van der Waals surface area contributed by atoms with E-state index in [1.807, 2.05) is 17.1 Å². The highest BCUT2D eigenvalue weighted by molar-refractivity contribution is 9.11. The predicted molar refractivity (Wildman–Crippen MR) is 71.3 cm³/mol. The number of piperidine rings is 1. The first-order valence-corrected chi connectivity index (χ1v) is 6.03. The molecule has 1 aliphatic rings. The van der Waals surface area contributed by atoms with Crippen LogP contribution in [0, 0.1) is 0 Å². The van der Waals surface area contributed by atoms with Gasteiger partial charge >= 0.3 is 0 Å². The Morgan fingerprint density at radius 2 is 2.25 bits per heavy atom. The van der Waals surface area contributed by atoms with E-state index < -0.39 is 0 Å². The Labute approximate surface area is 105 Å². The zero-order chi connectivity index (χ0) is 12.0. The molecule has 0 radical (unpaired) electrons. The molecule has 1 amide bonds. The molecule has 2 nitrogen and oxygen atoms in total. The topological polar surface area (TPSA) is 20.3 Å². The Kier molecular flexibility index (Phi) is 5.26. The number of rotatable bonds is 4. The van der Waals surface area contributed by atoms with Crippen molar-refractivity contribution in [3.05, 3.63) is 47.5 Å². The second-order valence-electron chi connectivity index (χ2n) is 3.65. The molecule has 0 bridgehead atoms. The fraction of sp³-hybridized carbons (Fsp3) is 0.308. The summed E-state index contributed by atoms with van der Waals surface area (Å²) in [6.07, 6.45) is 8.79. The number of allylic oxidation sites excluding steroid dienone is 4. The minimum atomic E-state index is 0.177. The molecule has 16 heavy (non-hydrogen) atoms. The highest BCUT2D eigenvalue weighted by Crippen LogP contribution is 2.21. The summed E-state index contributed by atoms with van der Waals surface area (Å²) in [5, 5.41) is 0. The first-order valence-electron chi connectivity index (χ1n) is 5.23. The van der Waals surface area contributed by atoms with Crippen molar-refractivity contribution in [2.24, 2.45) is 0 Å². The molecule has 0 unspecified atom stereocenters. The van der Waals surface area contributed by atoms with Crippen molar-refractivity contribution in [1.29, 1.82) is 0 Å². The third-order valence-corrected chi connectivity index (χ3v) is 2.90.